The van der Waals surface area contributed by atoms with Crippen molar-refractivity contribution in [3.8, 4) is 11.3 Å². The van der Waals surface area contributed by atoms with Crippen molar-refractivity contribution < 1.29 is 14.7 Å². The van der Waals surface area contributed by atoms with Gasteiger partial charge in [-0.3, -0.25) is 4.79 Å². The Hall–Kier alpha value is -3.74. The molecule has 0 saturated carbocycles. The molecule has 1 amide bonds. The van der Waals surface area contributed by atoms with Crippen molar-refractivity contribution in [3.05, 3.63) is 66.2 Å². The molecule has 1 fully saturated rings. The summed E-state index contributed by atoms with van der Waals surface area (Å²) < 4.78 is 0. The fraction of sp³-hybridized carbons (Fsp3) is 0.217. The van der Waals surface area contributed by atoms with E-state index in [1.165, 1.54) is 0 Å². The van der Waals surface area contributed by atoms with Crippen LogP contribution < -0.4 is 4.90 Å². The van der Waals surface area contributed by atoms with E-state index in [2.05, 4.69) is 17.9 Å². The monoisotopic (exact) mass is 402 g/mol. The maximum Gasteiger partial charge on any atom is 0.328 e. The number of anilines is 1. The lowest BCUT2D eigenvalue weighted by molar-refractivity contribution is -0.132. The molecular weight excluding hydrogens is 380 g/mol. The van der Waals surface area contributed by atoms with Crippen molar-refractivity contribution in [1.29, 1.82) is 0 Å². The Morgan fingerprint density at radius 3 is 2.40 bits per heavy atom. The molecule has 0 bridgehead atoms. The second kappa shape index (κ2) is 8.32. The van der Waals surface area contributed by atoms with E-state index in [0.29, 0.717) is 32.1 Å². The predicted molar refractivity (Wildman–Crippen MR) is 115 cm³/mol. The molecule has 30 heavy (non-hydrogen) atoms. The van der Waals surface area contributed by atoms with E-state index in [0.717, 1.165) is 39.9 Å². The zero-order valence-corrected chi connectivity index (χ0v) is 16.7. The van der Waals surface area contributed by atoms with E-state index < -0.39 is 5.97 Å². The fourth-order valence-electron chi connectivity index (χ4n) is 3.56. The molecule has 7 nitrogen and oxygen atoms in total. The summed E-state index contributed by atoms with van der Waals surface area (Å²) in [5, 5.41) is 9.70. The number of aliphatic carboxylic acids is 1. The maximum absolute atomic E-state index is 12.1. The van der Waals surface area contributed by atoms with E-state index in [-0.39, 0.29) is 5.91 Å². The summed E-state index contributed by atoms with van der Waals surface area (Å²) in [5.74, 6) is -0.787. The van der Waals surface area contributed by atoms with Crippen molar-refractivity contribution in [1.82, 2.24) is 14.9 Å². The van der Waals surface area contributed by atoms with Gasteiger partial charge in [0.2, 0.25) is 11.9 Å². The van der Waals surface area contributed by atoms with Crippen LogP contribution in [0.15, 0.2) is 60.7 Å². The van der Waals surface area contributed by atoms with Gasteiger partial charge in [0.05, 0.1) is 11.2 Å². The molecule has 2 heterocycles. The van der Waals surface area contributed by atoms with Gasteiger partial charge in [0.25, 0.3) is 0 Å². The van der Waals surface area contributed by atoms with Crippen LogP contribution in [-0.2, 0) is 9.59 Å². The Balaban J connectivity index is 1.62. The third kappa shape index (κ3) is 4.15. The van der Waals surface area contributed by atoms with Crippen LogP contribution in [0.25, 0.3) is 22.2 Å². The summed E-state index contributed by atoms with van der Waals surface area (Å²) >= 11 is 0. The highest BCUT2D eigenvalue weighted by molar-refractivity contribution is 5.94. The van der Waals surface area contributed by atoms with Crippen LogP contribution in [0.1, 0.15) is 5.56 Å². The number of benzene rings is 2. The molecule has 1 aromatic heterocycles. The number of nitrogens with zero attached hydrogens (tertiary/aromatic N) is 4. The summed E-state index contributed by atoms with van der Waals surface area (Å²) in [6.07, 6.45) is 1.97. The SMILES string of the molecule is Cc1ccc2nc(N3CCN(C(=O)C=CC(=O)O)CC3)nc(-c3ccccc3)c2c1. The summed E-state index contributed by atoms with van der Waals surface area (Å²) in [4.78, 5) is 36.1. The van der Waals surface area contributed by atoms with Crippen LogP contribution >= 0.6 is 0 Å². The van der Waals surface area contributed by atoms with Crippen LogP contribution in [-0.4, -0.2) is 58.0 Å². The minimum Gasteiger partial charge on any atom is -0.478 e. The first kappa shape index (κ1) is 19.6. The van der Waals surface area contributed by atoms with Crippen LogP contribution in [0.3, 0.4) is 0 Å². The molecule has 1 N–H and O–H groups in total. The van der Waals surface area contributed by atoms with Gasteiger partial charge in [0.1, 0.15) is 0 Å². The molecule has 0 radical (unpaired) electrons. The van der Waals surface area contributed by atoms with E-state index in [1.54, 1.807) is 4.90 Å². The number of fused-ring (bicyclic) bond motifs is 1. The molecule has 0 unspecified atom stereocenters. The Kier molecular flexibility index (Phi) is 5.43. The molecule has 2 aromatic carbocycles. The van der Waals surface area contributed by atoms with Crippen molar-refractivity contribution in [3.63, 3.8) is 0 Å². The molecular formula is C23H22N4O3. The molecule has 3 aromatic rings. The lowest BCUT2D eigenvalue weighted by Gasteiger charge is -2.34. The first-order chi connectivity index (χ1) is 14.5. The highest BCUT2D eigenvalue weighted by Crippen LogP contribution is 2.29. The van der Waals surface area contributed by atoms with Gasteiger partial charge in [0.15, 0.2) is 0 Å². The van der Waals surface area contributed by atoms with Gasteiger partial charge in [-0.1, -0.05) is 42.0 Å². The second-order valence-electron chi connectivity index (χ2n) is 7.24. The minimum atomic E-state index is -1.13. The molecule has 1 aliphatic rings. The highest BCUT2D eigenvalue weighted by Gasteiger charge is 2.23. The Morgan fingerprint density at radius 2 is 1.70 bits per heavy atom. The lowest BCUT2D eigenvalue weighted by atomic mass is 10.0. The van der Waals surface area contributed by atoms with Gasteiger partial charge in [0, 0.05) is 49.3 Å². The van der Waals surface area contributed by atoms with E-state index >= 15 is 0 Å². The molecule has 1 aliphatic heterocycles. The summed E-state index contributed by atoms with van der Waals surface area (Å²) in [5.41, 5.74) is 3.96. The van der Waals surface area contributed by atoms with E-state index in [4.69, 9.17) is 15.1 Å². The molecule has 7 heteroatoms. The molecule has 0 spiro atoms. The van der Waals surface area contributed by atoms with Crippen LogP contribution in [0.4, 0.5) is 5.95 Å². The topological polar surface area (TPSA) is 86.6 Å². The second-order valence-corrected chi connectivity index (χ2v) is 7.24. The number of rotatable bonds is 4. The summed E-state index contributed by atoms with van der Waals surface area (Å²) in [6, 6.07) is 16.2. The number of hydrogen-bond acceptors (Lipinski definition) is 5. The van der Waals surface area contributed by atoms with Gasteiger partial charge in [-0.05, 0) is 19.1 Å². The first-order valence-corrected chi connectivity index (χ1v) is 9.80. The third-order valence-corrected chi connectivity index (χ3v) is 5.13. The van der Waals surface area contributed by atoms with Crippen LogP contribution in [0.5, 0.6) is 0 Å². The number of piperazine rings is 1. The molecule has 0 atom stereocenters. The Morgan fingerprint density at radius 1 is 0.967 bits per heavy atom. The maximum atomic E-state index is 12.1. The molecule has 1 saturated heterocycles. The summed E-state index contributed by atoms with van der Waals surface area (Å²) in [7, 11) is 0. The molecule has 0 aliphatic carbocycles. The predicted octanol–water partition coefficient (Wildman–Crippen LogP) is 2.89. The molecule has 152 valence electrons. The molecule has 4 rings (SSSR count). The van der Waals surface area contributed by atoms with Gasteiger partial charge in [-0.2, -0.15) is 0 Å². The fourth-order valence-corrected chi connectivity index (χ4v) is 3.56. The number of aromatic nitrogens is 2. The summed E-state index contributed by atoms with van der Waals surface area (Å²) in [6.45, 7) is 4.19. The van der Waals surface area contributed by atoms with E-state index in [9.17, 15) is 9.59 Å². The van der Waals surface area contributed by atoms with Gasteiger partial charge >= 0.3 is 5.97 Å². The third-order valence-electron chi connectivity index (χ3n) is 5.13. The normalized spacial score (nSPS) is 14.4. The smallest absolute Gasteiger partial charge is 0.328 e. The standard InChI is InChI=1S/C23H22N4O3/c1-16-7-8-19-18(15-16)22(17-5-3-2-4-6-17)25-23(24-19)27-13-11-26(12-14-27)20(28)9-10-21(29)30/h2-10,15H,11-14H2,1H3,(H,29,30). The number of carbonyl (C=O) groups excluding carboxylic acids is 1. The highest BCUT2D eigenvalue weighted by atomic mass is 16.4. The van der Waals surface area contributed by atoms with Crippen molar-refractivity contribution in [2.75, 3.05) is 31.1 Å². The number of amides is 1. The largest absolute Gasteiger partial charge is 0.478 e. The average Bonchev–Trinajstić information content (AvgIpc) is 2.77. The number of carboxylic acids is 1. The number of hydrogen-bond donors (Lipinski definition) is 1. The van der Waals surface area contributed by atoms with E-state index in [1.807, 2.05) is 42.5 Å². The lowest BCUT2D eigenvalue weighted by Crippen LogP contribution is -2.48. The number of aryl methyl sites for hydroxylation is 1. The van der Waals surface area contributed by atoms with Crippen LogP contribution in [0.2, 0.25) is 0 Å². The van der Waals surface area contributed by atoms with Crippen LogP contribution in [0, 0.1) is 6.92 Å². The van der Waals surface area contributed by atoms with Gasteiger partial charge < -0.3 is 14.9 Å². The zero-order chi connectivity index (χ0) is 21.1. The zero-order valence-electron chi connectivity index (χ0n) is 16.7. The van der Waals surface area contributed by atoms with Gasteiger partial charge in [-0.25, -0.2) is 14.8 Å². The number of carbonyl (C=O) groups is 2. The Bertz CT molecular complexity index is 1120. The Labute approximate surface area is 174 Å². The minimum absolute atomic E-state index is 0.295. The number of carboxylic acid groups (broad SMARTS) is 1. The van der Waals surface area contributed by atoms with Crippen molar-refractivity contribution in [2.45, 2.75) is 6.92 Å². The van der Waals surface area contributed by atoms with Crippen molar-refractivity contribution in [2.24, 2.45) is 0 Å². The average molecular weight is 402 g/mol. The van der Waals surface area contributed by atoms with Gasteiger partial charge in [-0.15, -0.1) is 0 Å². The quantitative estimate of drug-likeness (QED) is 0.676. The first-order valence-electron chi connectivity index (χ1n) is 9.80. The van der Waals surface area contributed by atoms with Crippen molar-refractivity contribution >= 4 is 28.7 Å².